The predicted molar refractivity (Wildman–Crippen MR) is 78.4 cm³/mol. The van der Waals surface area contributed by atoms with E-state index >= 15 is 0 Å². The average molecular weight is 283 g/mol. The number of nitrogens with two attached hydrogens (primary N) is 1. The fourth-order valence-corrected chi connectivity index (χ4v) is 2.30. The monoisotopic (exact) mass is 283 g/mol. The minimum Gasteiger partial charge on any atom is -0.399 e. The molecule has 5 nitrogen and oxygen atoms in total. The summed E-state index contributed by atoms with van der Waals surface area (Å²) >= 11 is 0. The van der Waals surface area contributed by atoms with Gasteiger partial charge in [0.05, 0.1) is 5.69 Å². The Morgan fingerprint density at radius 3 is 2.71 bits per heavy atom. The normalized spacial score (nSPS) is 10.8. The molecule has 0 aliphatic carbocycles. The lowest BCUT2D eigenvalue weighted by atomic mass is 10.1. The minimum atomic E-state index is -0.294. The number of rotatable bonds is 2. The van der Waals surface area contributed by atoms with Crippen LogP contribution in [0.5, 0.6) is 0 Å². The number of hydrogen-bond acceptors (Lipinski definition) is 4. The van der Waals surface area contributed by atoms with Crippen LogP contribution in [0.15, 0.2) is 36.4 Å². The first-order valence-corrected chi connectivity index (χ1v) is 6.47. The zero-order valence-electron chi connectivity index (χ0n) is 11.7. The van der Waals surface area contributed by atoms with Crippen molar-refractivity contribution in [3.8, 4) is 17.1 Å². The van der Waals surface area contributed by atoms with Crippen molar-refractivity contribution < 1.29 is 4.39 Å². The lowest BCUT2D eigenvalue weighted by molar-refractivity contribution is 0.614. The number of nitrogen functional groups attached to an aromatic ring is 1. The largest absolute Gasteiger partial charge is 0.399 e. The van der Waals surface area contributed by atoms with Crippen LogP contribution in [-0.4, -0.2) is 20.2 Å². The number of aromatic nitrogens is 4. The molecule has 0 unspecified atom stereocenters. The Bertz CT molecular complexity index is 789. The topological polar surface area (TPSA) is 69.6 Å². The van der Waals surface area contributed by atoms with Gasteiger partial charge in [0.15, 0.2) is 5.82 Å². The van der Waals surface area contributed by atoms with Crippen molar-refractivity contribution in [1.29, 1.82) is 0 Å². The minimum absolute atomic E-state index is 0.294. The maximum atomic E-state index is 13.7. The highest BCUT2D eigenvalue weighted by molar-refractivity contribution is 5.64. The van der Waals surface area contributed by atoms with Crippen LogP contribution in [0, 0.1) is 19.7 Å². The molecule has 2 aromatic carbocycles. The van der Waals surface area contributed by atoms with Crippen molar-refractivity contribution in [2.24, 2.45) is 0 Å². The summed E-state index contributed by atoms with van der Waals surface area (Å²) in [5.74, 6) is 0.233. The molecule has 106 valence electrons. The van der Waals surface area contributed by atoms with Gasteiger partial charge in [-0.05, 0) is 60.2 Å². The van der Waals surface area contributed by atoms with E-state index in [2.05, 4.69) is 15.5 Å². The van der Waals surface area contributed by atoms with Gasteiger partial charge >= 0.3 is 0 Å². The van der Waals surface area contributed by atoms with Crippen molar-refractivity contribution in [2.45, 2.75) is 13.8 Å². The highest BCUT2D eigenvalue weighted by atomic mass is 19.1. The highest BCUT2D eigenvalue weighted by Gasteiger charge is 2.14. The molecule has 0 radical (unpaired) electrons. The van der Waals surface area contributed by atoms with Gasteiger partial charge in [0.25, 0.3) is 0 Å². The molecular formula is C15H14FN5. The average Bonchev–Trinajstić information content (AvgIpc) is 2.90. The first-order chi connectivity index (χ1) is 10.1. The van der Waals surface area contributed by atoms with E-state index in [0.29, 0.717) is 22.8 Å². The van der Waals surface area contributed by atoms with E-state index in [1.54, 1.807) is 25.1 Å². The van der Waals surface area contributed by atoms with Crippen LogP contribution < -0.4 is 5.73 Å². The van der Waals surface area contributed by atoms with Crippen LogP contribution >= 0.6 is 0 Å². The Morgan fingerprint density at radius 1 is 1.14 bits per heavy atom. The number of tetrazole rings is 1. The molecule has 0 saturated heterocycles. The molecular weight excluding hydrogens is 269 g/mol. The maximum Gasteiger partial charge on any atom is 0.187 e. The second-order valence-electron chi connectivity index (χ2n) is 4.93. The third kappa shape index (κ3) is 2.35. The molecule has 6 heteroatoms. The molecule has 0 fully saturated rings. The molecule has 0 saturated carbocycles. The lowest BCUT2D eigenvalue weighted by Gasteiger charge is -2.09. The molecule has 21 heavy (non-hydrogen) atoms. The second-order valence-corrected chi connectivity index (χ2v) is 4.93. The summed E-state index contributed by atoms with van der Waals surface area (Å²) in [5.41, 5.74) is 9.41. The van der Waals surface area contributed by atoms with Gasteiger partial charge in [-0.25, -0.2) is 4.39 Å². The van der Waals surface area contributed by atoms with Gasteiger partial charge in [-0.1, -0.05) is 6.07 Å². The van der Waals surface area contributed by atoms with Crippen LogP contribution in [-0.2, 0) is 0 Å². The van der Waals surface area contributed by atoms with Gasteiger partial charge < -0.3 is 5.73 Å². The summed E-state index contributed by atoms with van der Waals surface area (Å²) in [7, 11) is 0. The van der Waals surface area contributed by atoms with Gasteiger partial charge in [-0.3, -0.25) is 0 Å². The van der Waals surface area contributed by atoms with Gasteiger partial charge in [-0.15, -0.1) is 5.10 Å². The molecule has 0 atom stereocenters. The number of nitrogens with zero attached hydrogens (tertiary/aromatic N) is 4. The highest BCUT2D eigenvalue weighted by Crippen LogP contribution is 2.25. The summed E-state index contributed by atoms with van der Waals surface area (Å²) in [6, 6.07) is 10.4. The molecule has 0 aliphatic rings. The molecule has 1 heterocycles. The summed E-state index contributed by atoms with van der Waals surface area (Å²) in [5, 5.41) is 11.7. The van der Waals surface area contributed by atoms with Crippen LogP contribution in [0.2, 0.25) is 0 Å². The molecule has 0 amide bonds. The Balaban J connectivity index is 2.19. The number of hydrogen-bond donors (Lipinski definition) is 1. The van der Waals surface area contributed by atoms with Crippen molar-refractivity contribution in [3.63, 3.8) is 0 Å². The Morgan fingerprint density at radius 2 is 1.95 bits per heavy atom. The summed E-state index contributed by atoms with van der Waals surface area (Å²) in [6.45, 7) is 3.64. The van der Waals surface area contributed by atoms with Crippen LogP contribution in [0.1, 0.15) is 11.1 Å². The second kappa shape index (κ2) is 4.97. The van der Waals surface area contributed by atoms with Crippen molar-refractivity contribution in [1.82, 2.24) is 20.2 Å². The number of halogens is 1. The molecule has 2 N–H and O–H groups in total. The fourth-order valence-electron chi connectivity index (χ4n) is 2.30. The third-order valence-corrected chi connectivity index (χ3v) is 3.29. The molecule has 1 aromatic heterocycles. The Kier molecular flexibility index (Phi) is 3.13. The zero-order chi connectivity index (χ0) is 15.0. The van der Waals surface area contributed by atoms with Gasteiger partial charge in [-0.2, -0.15) is 4.68 Å². The molecule has 3 rings (SSSR count). The van der Waals surface area contributed by atoms with Crippen molar-refractivity contribution in [2.75, 3.05) is 5.73 Å². The van der Waals surface area contributed by atoms with E-state index < -0.39 is 0 Å². The first kappa shape index (κ1) is 13.2. The Labute approximate surface area is 121 Å². The number of anilines is 1. The van der Waals surface area contributed by atoms with E-state index in [1.807, 2.05) is 19.1 Å². The molecule has 3 aromatic rings. The SMILES string of the molecule is Cc1cc(N)cc(-c2nnnn2-c2cccc(F)c2C)c1. The summed E-state index contributed by atoms with van der Waals surface area (Å²) < 4.78 is 15.3. The van der Waals surface area contributed by atoms with Crippen molar-refractivity contribution in [3.05, 3.63) is 53.3 Å². The van der Waals surface area contributed by atoms with E-state index in [0.717, 1.165) is 11.1 Å². The van der Waals surface area contributed by atoms with E-state index in [4.69, 9.17) is 5.73 Å². The lowest BCUT2D eigenvalue weighted by Crippen LogP contribution is -2.04. The summed E-state index contributed by atoms with van der Waals surface area (Å²) in [4.78, 5) is 0. The number of aryl methyl sites for hydroxylation is 1. The van der Waals surface area contributed by atoms with Gasteiger partial charge in [0.1, 0.15) is 5.82 Å². The van der Waals surface area contributed by atoms with Crippen LogP contribution in [0.3, 0.4) is 0 Å². The smallest absolute Gasteiger partial charge is 0.187 e. The van der Waals surface area contributed by atoms with E-state index in [1.165, 1.54) is 10.7 Å². The third-order valence-electron chi connectivity index (χ3n) is 3.29. The van der Waals surface area contributed by atoms with Crippen LogP contribution in [0.25, 0.3) is 17.1 Å². The Hall–Kier alpha value is -2.76. The molecule has 0 aliphatic heterocycles. The van der Waals surface area contributed by atoms with Gasteiger partial charge in [0.2, 0.25) is 0 Å². The zero-order valence-corrected chi connectivity index (χ0v) is 11.7. The van der Waals surface area contributed by atoms with Crippen LogP contribution in [0.4, 0.5) is 10.1 Å². The maximum absolute atomic E-state index is 13.7. The predicted octanol–water partition coefficient (Wildman–Crippen LogP) is 2.67. The molecule has 0 spiro atoms. The van der Waals surface area contributed by atoms with E-state index in [9.17, 15) is 4.39 Å². The summed E-state index contributed by atoms with van der Waals surface area (Å²) in [6.07, 6.45) is 0. The fraction of sp³-hybridized carbons (Fsp3) is 0.133. The van der Waals surface area contributed by atoms with Crippen molar-refractivity contribution >= 4 is 5.69 Å². The van der Waals surface area contributed by atoms with E-state index in [-0.39, 0.29) is 5.82 Å². The standard InChI is InChI=1S/C15H14FN5/c1-9-6-11(8-12(17)7-9)15-18-19-20-21(15)14-5-3-4-13(16)10(14)2/h3-8H,17H2,1-2H3. The van der Waals surface area contributed by atoms with Gasteiger partial charge in [0, 0.05) is 16.8 Å². The quantitative estimate of drug-likeness (QED) is 0.734. The number of benzene rings is 2. The molecule has 0 bridgehead atoms. The first-order valence-electron chi connectivity index (χ1n) is 6.47.